The van der Waals surface area contributed by atoms with Crippen LogP contribution in [0, 0.1) is 0 Å². The number of hydrogen-bond donors (Lipinski definition) is 0. The molecule has 0 bridgehead atoms. The standard InChI is InChI=1S/C38H35N/c1-37(2)29-16-9-10-19-33(29)39-34-21-20-26(23-32(34)38(3,4)31-18-11-17-30(37)36(31)39)35-27-14-7-5-12-24(27)22-25-13-6-8-15-28(25)35/h5-7,10-14,17-23H,8-9,15-16H2,1-4H3. The van der Waals surface area contributed by atoms with Gasteiger partial charge in [0, 0.05) is 16.5 Å². The number of fused-ring (bicyclic) bond motifs is 5. The molecule has 39 heavy (non-hydrogen) atoms. The topological polar surface area (TPSA) is 3.24 Å². The number of rotatable bonds is 1. The molecule has 0 amide bonds. The Balaban J connectivity index is 1.42. The predicted molar refractivity (Wildman–Crippen MR) is 166 cm³/mol. The summed E-state index contributed by atoms with van der Waals surface area (Å²) in [7, 11) is 0. The summed E-state index contributed by atoms with van der Waals surface area (Å²) in [5.41, 5.74) is 15.6. The van der Waals surface area contributed by atoms with Gasteiger partial charge in [-0.2, -0.15) is 0 Å². The first kappa shape index (κ1) is 23.1. The molecule has 0 aromatic heterocycles. The summed E-state index contributed by atoms with van der Waals surface area (Å²) < 4.78 is 0. The smallest absolute Gasteiger partial charge is 0.0543 e. The van der Waals surface area contributed by atoms with Gasteiger partial charge in [-0.05, 0) is 105 Å². The van der Waals surface area contributed by atoms with Gasteiger partial charge in [-0.1, -0.05) is 94.5 Å². The van der Waals surface area contributed by atoms with Crippen LogP contribution in [-0.2, 0) is 17.3 Å². The molecular weight excluding hydrogens is 470 g/mol. The van der Waals surface area contributed by atoms with Crippen molar-refractivity contribution in [2.24, 2.45) is 0 Å². The normalized spacial score (nSPS) is 19.4. The lowest BCUT2D eigenvalue weighted by Gasteiger charge is -2.50. The Morgan fingerprint density at radius 1 is 0.692 bits per heavy atom. The molecule has 4 aromatic carbocycles. The molecule has 2 heterocycles. The van der Waals surface area contributed by atoms with Gasteiger partial charge in [-0.15, -0.1) is 0 Å². The maximum atomic E-state index is 2.60. The largest absolute Gasteiger partial charge is 0.310 e. The van der Waals surface area contributed by atoms with E-state index in [1.54, 1.807) is 5.57 Å². The van der Waals surface area contributed by atoms with E-state index in [-0.39, 0.29) is 10.8 Å². The van der Waals surface area contributed by atoms with Gasteiger partial charge >= 0.3 is 0 Å². The average Bonchev–Trinajstić information content (AvgIpc) is 2.95. The van der Waals surface area contributed by atoms with Crippen LogP contribution < -0.4 is 4.90 Å². The van der Waals surface area contributed by atoms with E-state index in [1.807, 2.05) is 0 Å². The van der Waals surface area contributed by atoms with Gasteiger partial charge in [-0.25, -0.2) is 0 Å². The maximum Gasteiger partial charge on any atom is 0.0543 e. The first-order chi connectivity index (χ1) is 18.9. The number of allylic oxidation sites excluding steroid dienone is 4. The zero-order chi connectivity index (χ0) is 26.5. The molecule has 1 nitrogen and oxygen atoms in total. The summed E-state index contributed by atoms with van der Waals surface area (Å²) in [5, 5.41) is 2.69. The monoisotopic (exact) mass is 505 g/mol. The second-order valence-corrected chi connectivity index (χ2v) is 12.8. The first-order valence-electron chi connectivity index (χ1n) is 14.6. The molecule has 8 rings (SSSR count). The summed E-state index contributed by atoms with van der Waals surface area (Å²) in [6.07, 6.45) is 13.9. The van der Waals surface area contributed by atoms with Crippen molar-refractivity contribution in [3.05, 3.63) is 124 Å². The van der Waals surface area contributed by atoms with Crippen molar-refractivity contribution in [1.82, 2.24) is 0 Å². The van der Waals surface area contributed by atoms with Crippen molar-refractivity contribution in [3.8, 4) is 11.1 Å². The molecule has 4 aromatic rings. The molecule has 0 radical (unpaired) electrons. The number of nitrogens with zero attached hydrogens (tertiary/aromatic N) is 1. The van der Waals surface area contributed by atoms with Crippen LogP contribution in [0.25, 0.3) is 28.0 Å². The van der Waals surface area contributed by atoms with Crippen LogP contribution in [0.1, 0.15) is 74.8 Å². The fraction of sp³-hybridized carbons (Fsp3) is 0.263. The molecule has 1 heteroatoms. The Hall–Kier alpha value is -3.84. The van der Waals surface area contributed by atoms with Gasteiger partial charge in [0.15, 0.2) is 0 Å². The third-order valence-corrected chi connectivity index (χ3v) is 10.00. The zero-order valence-corrected chi connectivity index (χ0v) is 23.4. The van der Waals surface area contributed by atoms with Crippen molar-refractivity contribution in [2.75, 3.05) is 4.90 Å². The minimum absolute atomic E-state index is 0.0327. The summed E-state index contributed by atoms with van der Waals surface area (Å²) in [5.74, 6) is 0. The molecule has 2 aliphatic heterocycles. The van der Waals surface area contributed by atoms with Gasteiger partial charge < -0.3 is 4.90 Å². The lowest BCUT2D eigenvalue weighted by Crippen LogP contribution is -2.40. The number of benzene rings is 4. The molecule has 0 saturated carbocycles. The summed E-state index contributed by atoms with van der Waals surface area (Å²) >= 11 is 0. The quantitative estimate of drug-likeness (QED) is 0.249. The van der Waals surface area contributed by atoms with E-state index in [9.17, 15) is 0 Å². The van der Waals surface area contributed by atoms with E-state index >= 15 is 0 Å². The zero-order valence-electron chi connectivity index (χ0n) is 23.4. The van der Waals surface area contributed by atoms with Crippen molar-refractivity contribution >= 4 is 28.2 Å². The highest BCUT2D eigenvalue weighted by Gasteiger charge is 2.46. The second kappa shape index (κ2) is 7.85. The Labute approximate surface area is 232 Å². The highest BCUT2D eigenvalue weighted by Crippen LogP contribution is 2.59. The lowest BCUT2D eigenvalue weighted by atomic mass is 9.65. The highest BCUT2D eigenvalue weighted by molar-refractivity contribution is 6.01. The van der Waals surface area contributed by atoms with Gasteiger partial charge in [0.05, 0.1) is 11.4 Å². The minimum atomic E-state index is -0.107. The second-order valence-electron chi connectivity index (χ2n) is 12.8. The third-order valence-electron chi connectivity index (χ3n) is 10.00. The van der Waals surface area contributed by atoms with Crippen LogP contribution in [-0.4, -0.2) is 0 Å². The van der Waals surface area contributed by atoms with Gasteiger partial charge in [0.25, 0.3) is 0 Å². The van der Waals surface area contributed by atoms with E-state index in [4.69, 9.17) is 0 Å². The molecule has 2 aliphatic carbocycles. The third kappa shape index (κ3) is 3.02. The van der Waals surface area contributed by atoms with Crippen LogP contribution in [0.3, 0.4) is 0 Å². The van der Waals surface area contributed by atoms with Gasteiger partial charge in [0.2, 0.25) is 0 Å². The summed E-state index contributed by atoms with van der Waals surface area (Å²) in [6, 6.07) is 25.7. The van der Waals surface area contributed by atoms with Crippen molar-refractivity contribution in [1.29, 1.82) is 0 Å². The maximum absolute atomic E-state index is 2.60. The van der Waals surface area contributed by atoms with E-state index in [2.05, 4.69) is 124 Å². The van der Waals surface area contributed by atoms with Crippen molar-refractivity contribution < 1.29 is 0 Å². The fourth-order valence-electron chi connectivity index (χ4n) is 7.95. The molecule has 0 unspecified atom stereocenters. The Morgan fingerprint density at radius 2 is 1.46 bits per heavy atom. The van der Waals surface area contributed by atoms with Crippen LogP contribution in [0.4, 0.5) is 11.4 Å². The molecule has 0 spiro atoms. The number of hydrogen-bond acceptors (Lipinski definition) is 1. The van der Waals surface area contributed by atoms with E-state index in [1.165, 1.54) is 66.8 Å². The Bertz CT molecular complexity index is 1810. The average molecular weight is 506 g/mol. The molecule has 0 N–H and O–H groups in total. The Kier molecular flexibility index (Phi) is 4.65. The fourth-order valence-corrected chi connectivity index (χ4v) is 7.95. The van der Waals surface area contributed by atoms with Gasteiger partial charge in [0.1, 0.15) is 0 Å². The molecule has 4 aliphatic rings. The van der Waals surface area contributed by atoms with Crippen molar-refractivity contribution in [3.63, 3.8) is 0 Å². The summed E-state index contributed by atoms with van der Waals surface area (Å²) in [6.45, 7) is 9.71. The van der Waals surface area contributed by atoms with Crippen LogP contribution in [0.5, 0.6) is 0 Å². The first-order valence-corrected chi connectivity index (χ1v) is 14.6. The molecular formula is C38H35N. The van der Waals surface area contributed by atoms with E-state index in [0.29, 0.717) is 0 Å². The highest BCUT2D eigenvalue weighted by atomic mass is 15.2. The SMILES string of the molecule is CC1(C)C2=C(C=CCC2)N2c3ccc(-c4c5c(cc6ccccc46)C=CCC5)cc3C(C)(C)c3cccc1c32. The molecule has 0 saturated heterocycles. The predicted octanol–water partition coefficient (Wildman–Crippen LogP) is 10.1. The minimum Gasteiger partial charge on any atom is -0.310 e. The van der Waals surface area contributed by atoms with E-state index < -0.39 is 0 Å². The Morgan fingerprint density at radius 3 is 2.33 bits per heavy atom. The molecule has 192 valence electrons. The molecule has 0 fully saturated rings. The van der Waals surface area contributed by atoms with Gasteiger partial charge in [-0.3, -0.25) is 0 Å². The number of anilines is 2. The van der Waals surface area contributed by atoms with Crippen LogP contribution in [0.2, 0.25) is 0 Å². The van der Waals surface area contributed by atoms with E-state index in [0.717, 1.165) is 25.7 Å². The number of para-hydroxylation sites is 1. The van der Waals surface area contributed by atoms with Crippen molar-refractivity contribution in [2.45, 2.75) is 64.2 Å². The lowest BCUT2D eigenvalue weighted by molar-refractivity contribution is 0.555. The van der Waals surface area contributed by atoms with Crippen LogP contribution in [0.15, 0.2) is 96.2 Å². The van der Waals surface area contributed by atoms with Crippen LogP contribution >= 0.6 is 0 Å². The summed E-state index contributed by atoms with van der Waals surface area (Å²) in [4.78, 5) is 2.60. The molecule has 0 atom stereocenters.